The highest BCUT2D eigenvalue weighted by Gasteiger charge is 2.21. The molecule has 2 aromatic rings. The quantitative estimate of drug-likeness (QED) is 0.864. The lowest BCUT2D eigenvalue weighted by atomic mass is 10.0. The fourth-order valence-electron chi connectivity index (χ4n) is 1.85. The Labute approximate surface area is 112 Å². The minimum Gasteiger partial charge on any atom is -0.467 e. The Morgan fingerprint density at radius 3 is 2.58 bits per heavy atom. The average molecular weight is 258 g/mol. The second-order valence-electron chi connectivity index (χ2n) is 4.38. The number of hydrogen-bond acceptors (Lipinski definition) is 3. The number of carbonyl (C=O) groups is 1. The van der Waals surface area contributed by atoms with E-state index in [4.69, 9.17) is 10.2 Å². The van der Waals surface area contributed by atoms with Gasteiger partial charge in [0.2, 0.25) is 5.91 Å². The number of hydrogen-bond donors (Lipinski definition) is 2. The molecule has 1 aromatic heterocycles. The second kappa shape index (κ2) is 6.20. The standard InChI is InChI=1S/C15H18N2O2/c1-2-12(16)15(18)17-14(13-9-6-10-19-13)11-7-4-3-5-8-11/h3-10,12,14H,2,16H2,1H3,(H,17,18). The first-order valence-corrected chi connectivity index (χ1v) is 6.36. The molecule has 0 aliphatic heterocycles. The monoisotopic (exact) mass is 258 g/mol. The van der Waals surface area contributed by atoms with Gasteiger partial charge in [-0.25, -0.2) is 0 Å². The molecule has 2 atom stereocenters. The largest absolute Gasteiger partial charge is 0.467 e. The molecule has 19 heavy (non-hydrogen) atoms. The molecule has 0 aliphatic rings. The van der Waals surface area contributed by atoms with Crippen molar-refractivity contribution in [3.05, 3.63) is 60.1 Å². The maximum Gasteiger partial charge on any atom is 0.237 e. The SMILES string of the molecule is CCC(N)C(=O)NC(c1ccccc1)c1ccco1. The van der Waals surface area contributed by atoms with Gasteiger partial charge in [-0.2, -0.15) is 0 Å². The molecule has 1 heterocycles. The van der Waals surface area contributed by atoms with Crippen LogP contribution in [0, 0.1) is 0 Å². The summed E-state index contributed by atoms with van der Waals surface area (Å²) in [6.07, 6.45) is 2.20. The van der Waals surface area contributed by atoms with Gasteiger partial charge in [-0.1, -0.05) is 37.3 Å². The highest BCUT2D eigenvalue weighted by atomic mass is 16.3. The highest BCUT2D eigenvalue weighted by Crippen LogP contribution is 2.22. The first-order chi connectivity index (χ1) is 9.22. The van der Waals surface area contributed by atoms with Crippen molar-refractivity contribution in [2.75, 3.05) is 0 Å². The number of furan rings is 1. The Morgan fingerprint density at radius 2 is 2.00 bits per heavy atom. The maximum atomic E-state index is 12.0. The van der Waals surface area contributed by atoms with Crippen LogP contribution in [-0.2, 0) is 4.79 Å². The van der Waals surface area contributed by atoms with E-state index in [1.807, 2.05) is 43.3 Å². The summed E-state index contributed by atoms with van der Waals surface area (Å²) >= 11 is 0. The predicted octanol–water partition coefficient (Wildman–Crippen LogP) is 2.22. The first kappa shape index (κ1) is 13.4. The van der Waals surface area contributed by atoms with Crippen molar-refractivity contribution in [3.63, 3.8) is 0 Å². The molecule has 1 amide bonds. The van der Waals surface area contributed by atoms with Crippen LogP contribution in [0.4, 0.5) is 0 Å². The number of nitrogens with one attached hydrogen (secondary N) is 1. The van der Waals surface area contributed by atoms with Crippen LogP contribution in [0.2, 0.25) is 0 Å². The number of benzene rings is 1. The van der Waals surface area contributed by atoms with E-state index in [0.717, 1.165) is 5.56 Å². The van der Waals surface area contributed by atoms with Gasteiger partial charge in [0.1, 0.15) is 11.8 Å². The van der Waals surface area contributed by atoms with Crippen molar-refractivity contribution in [3.8, 4) is 0 Å². The van der Waals surface area contributed by atoms with Crippen molar-refractivity contribution < 1.29 is 9.21 Å². The molecule has 1 aromatic carbocycles. The van der Waals surface area contributed by atoms with E-state index in [2.05, 4.69) is 5.32 Å². The number of amides is 1. The molecular weight excluding hydrogens is 240 g/mol. The third-order valence-corrected chi connectivity index (χ3v) is 3.02. The van der Waals surface area contributed by atoms with Crippen LogP contribution in [0.3, 0.4) is 0 Å². The van der Waals surface area contributed by atoms with E-state index in [-0.39, 0.29) is 11.9 Å². The van der Waals surface area contributed by atoms with E-state index >= 15 is 0 Å². The molecule has 0 bridgehead atoms. The van der Waals surface area contributed by atoms with Crippen LogP contribution in [0.5, 0.6) is 0 Å². The number of nitrogens with two attached hydrogens (primary N) is 1. The normalized spacial score (nSPS) is 13.8. The van der Waals surface area contributed by atoms with Crippen molar-refractivity contribution in [2.45, 2.75) is 25.4 Å². The van der Waals surface area contributed by atoms with Crippen molar-refractivity contribution in [1.82, 2.24) is 5.32 Å². The van der Waals surface area contributed by atoms with Crippen LogP contribution in [-0.4, -0.2) is 11.9 Å². The van der Waals surface area contributed by atoms with Gasteiger partial charge < -0.3 is 15.5 Å². The lowest BCUT2D eigenvalue weighted by molar-refractivity contribution is -0.123. The Balaban J connectivity index is 2.24. The number of carbonyl (C=O) groups excluding carboxylic acids is 1. The third-order valence-electron chi connectivity index (χ3n) is 3.02. The zero-order valence-electron chi connectivity index (χ0n) is 10.9. The lowest BCUT2D eigenvalue weighted by Gasteiger charge is -2.19. The van der Waals surface area contributed by atoms with Gasteiger partial charge in [0, 0.05) is 0 Å². The number of rotatable bonds is 5. The maximum absolute atomic E-state index is 12.0. The molecule has 3 N–H and O–H groups in total. The topological polar surface area (TPSA) is 68.3 Å². The van der Waals surface area contributed by atoms with Gasteiger partial charge in [-0.3, -0.25) is 4.79 Å². The van der Waals surface area contributed by atoms with Gasteiger partial charge in [0.25, 0.3) is 0 Å². The molecule has 100 valence electrons. The second-order valence-corrected chi connectivity index (χ2v) is 4.38. The van der Waals surface area contributed by atoms with Crippen molar-refractivity contribution in [1.29, 1.82) is 0 Å². The first-order valence-electron chi connectivity index (χ1n) is 6.36. The van der Waals surface area contributed by atoms with Gasteiger partial charge in [-0.15, -0.1) is 0 Å². The summed E-state index contributed by atoms with van der Waals surface area (Å²) in [5.74, 6) is 0.524. The molecule has 0 spiro atoms. The minimum absolute atomic E-state index is 0.173. The van der Waals surface area contributed by atoms with Crippen LogP contribution >= 0.6 is 0 Å². The summed E-state index contributed by atoms with van der Waals surface area (Å²) in [7, 11) is 0. The molecule has 0 saturated heterocycles. The molecule has 0 saturated carbocycles. The molecular formula is C15H18N2O2. The van der Waals surface area contributed by atoms with E-state index in [1.54, 1.807) is 12.3 Å². The summed E-state index contributed by atoms with van der Waals surface area (Å²) in [6, 6.07) is 12.5. The molecule has 0 radical (unpaired) electrons. The van der Waals surface area contributed by atoms with Crippen molar-refractivity contribution in [2.24, 2.45) is 5.73 Å². The Morgan fingerprint density at radius 1 is 1.26 bits per heavy atom. The van der Waals surface area contributed by atoms with Gasteiger partial charge >= 0.3 is 0 Å². The average Bonchev–Trinajstić information content (AvgIpc) is 2.98. The molecule has 2 unspecified atom stereocenters. The Hall–Kier alpha value is -2.07. The van der Waals surface area contributed by atoms with Gasteiger partial charge in [-0.05, 0) is 24.1 Å². The van der Waals surface area contributed by atoms with Crippen LogP contribution in [0.25, 0.3) is 0 Å². The molecule has 0 aliphatic carbocycles. The summed E-state index contributed by atoms with van der Waals surface area (Å²) in [6.45, 7) is 1.88. The lowest BCUT2D eigenvalue weighted by Crippen LogP contribution is -2.42. The molecule has 0 fully saturated rings. The van der Waals surface area contributed by atoms with Crippen LogP contribution in [0.15, 0.2) is 53.1 Å². The van der Waals surface area contributed by atoms with Gasteiger partial charge in [0.05, 0.1) is 12.3 Å². The van der Waals surface area contributed by atoms with E-state index in [0.29, 0.717) is 12.2 Å². The van der Waals surface area contributed by atoms with Crippen molar-refractivity contribution >= 4 is 5.91 Å². The molecule has 4 nitrogen and oxygen atoms in total. The Kier molecular flexibility index (Phi) is 4.36. The van der Waals surface area contributed by atoms with Crippen LogP contribution in [0.1, 0.15) is 30.7 Å². The van der Waals surface area contributed by atoms with E-state index in [9.17, 15) is 4.79 Å². The smallest absolute Gasteiger partial charge is 0.237 e. The summed E-state index contributed by atoms with van der Waals surface area (Å²) in [5, 5.41) is 2.93. The summed E-state index contributed by atoms with van der Waals surface area (Å²) < 4.78 is 5.41. The zero-order chi connectivity index (χ0) is 13.7. The van der Waals surface area contributed by atoms with E-state index in [1.165, 1.54) is 0 Å². The minimum atomic E-state index is -0.499. The van der Waals surface area contributed by atoms with Gasteiger partial charge in [0.15, 0.2) is 0 Å². The zero-order valence-corrected chi connectivity index (χ0v) is 10.9. The third kappa shape index (κ3) is 3.23. The summed E-state index contributed by atoms with van der Waals surface area (Å²) in [5.41, 5.74) is 6.72. The fourth-order valence-corrected chi connectivity index (χ4v) is 1.85. The predicted molar refractivity (Wildman–Crippen MR) is 73.4 cm³/mol. The Bertz CT molecular complexity index is 508. The molecule has 4 heteroatoms. The summed E-state index contributed by atoms with van der Waals surface area (Å²) in [4.78, 5) is 12.0. The molecule has 2 rings (SSSR count). The van der Waals surface area contributed by atoms with E-state index < -0.39 is 6.04 Å². The van der Waals surface area contributed by atoms with Crippen LogP contribution < -0.4 is 11.1 Å². The highest BCUT2D eigenvalue weighted by molar-refractivity contribution is 5.82. The fraction of sp³-hybridized carbons (Fsp3) is 0.267.